The third kappa shape index (κ3) is 5.08. The van der Waals surface area contributed by atoms with Crippen molar-refractivity contribution >= 4 is 15.9 Å². The number of hydrogen-bond acceptors (Lipinski definition) is 3. The average molecular weight is 341 g/mol. The van der Waals surface area contributed by atoms with Crippen molar-refractivity contribution in [3.8, 4) is 5.75 Å². The Kier molecular flexibility index (Phi) is 6.83. The normalized spacial score (nSPS) is 16.3. The van der Waals surface area contributed by atoms with Gasteiger partial charge in [0.05, 0.1) is 11.6 Å². The minimum Gasteiger partial charge on any atom is -0.496 e. The highest BCUT2D eigenvalue weighted by atomic mass is 79.9. The second-order valence-corrected chi connectivity index (χ2v) is 6.26. The van der Waals surface area contributed by atoms with Gasteiger partial charge in [0.25, 0.3) is 0 Å². The third-order valence-corrected chi connectivity index (χ3v) is 4.44. The minimum atomic E-state index is 0.888. The molecule has 1 fully saturated rings. The molecular formula is C16H25BrN2O. The summed E-state index contributed by atoms with van der Waals surface area (Å²) in [6.45, 7) is 5.83. The zero-order chi connectivity index (χ0) is 14.2. The van der Waals surface area contributed by atoms with E-state index >= 15 is 0 Å². The Morgan fingerprint density at radius 3 is 2.75 bits per heavy atom. The van der Waals surface area contributed by atoms with Crippen molar-refractivity contribution in [2.24, 2.45) is 0 Å². The van der Waals surface area contributed by atoms with Crippen LogP contribution in [0, 0.1) is 0 Å². The highest BCUT2D eigenvalue weighted by Crippen LogP contribution is 2.25. The van der Waals surface area contributed by atoms with Gasteiger partial charge in [-0.05, 0) is 79.1 Å². The van der Waals surface area contributed by atoms with E-state index in [0.717, 1.165) is 23.3 Å². The van der Waals surface area contributed by atoms with Crippen LogP contribution in [0.25, 0.3) is 0 Å². The maximum Gasteiger partial charge on any atom is 0.133 e. The summed E-state index contributed by atoms with van der Waals surface area (Å²) in [4.78, 5) is 2.59. The number of likely N-dealkylation sites (tertiary alicyclic amines) is 1. The number of ether oxygens (including phenoxy) is 1. The molecule has 0 radical (unpaired) electrons. The van der Waals surface area contributed by atoms with Gasteiger partial charge >= 0.3 is 0 Å². The molecule has 0 saturated carbocycles. The van der Waals surface area contributed by atoms with E-state index in [1.54, 1.807) is 7.11 Å². The minimum absolute atomic E-state index is 0.888. The van der Waals surface area contributed by atoms with Crippen LogP contribution in [-0.4, -0.2) is 38.2 Å². The zero-order valence-corrected chi connectivity index (χ0v) is 13.9. The highest BCUT2D eigenvalue weighted by Gasteiger charge is 2.08. The van der Waals surface area contributed by atoms with Crippen molar-refractivity contribution < 1.29 is 4.74 Å². The van der Waals surface area contributed by atoms with Gasteiger partial charge in [0.15, 0.2) is 0 Å². The Hall–Kier alpha value is -0.580. The molecule has 2 rings (SSSR count). The van der Waals surface area contributed by atoms with E-state index in [-0.39, 0.29) is 0 Å². The predicted molar refractivity (Wildman–Crippen MR) is 87.3 cm³/mol. The molecule has 1 heterocycles. The molecule has 1 aromatic rings. The van der Waals surface area contributed by atoms with E-state index in [1.165, 1.54) is 50.9 Å². The largest absolute Gasteiger partial charge is 0.496 e. The van der Waals surface area contributed by atoms with Crippen LogP contribution in [0.2, 0.25) is 0 Å². The van der Waals surface area contributed by atoms with Crippen molar-refractivity contribution in [1.29, 1.82) is 0 Å². The molecule has 0 aromatic heterocycles. The van der Waals surface area contributed by atoms with E-state index in [4.69, 9.17) is 4.74 Å². The quantitative estimate of drug-likeness (QED) is 0.769. The van der Waals surface area contributed by atoms with Crippen LogP contribution < -0.4 is 10.1 Å². The molecule has 1 aliphatic heterocycles. The van der Waals surface area contributed by atoms with Gasteiger partial charge in [0.1, 0.15) is 5.75 Å². The molecule has 112 valence electrons. The van der Waals surface area contributed by atoms with Crippen LogP contribution in [0.1, 0.15) is 31.2 Å². The molecule has 1 aromatic carbocycles. The Balaban J connectivity index is 1.61. The summed E-state index contributed by atoms with van der Waals surface area (Å²) in [5, 5.41) is 3.52. The monoisotopic (exact) mass is 340 g/mol. The van der Waals surface area contributed by atoms with Gasteiger partial charge in [-0.25, -0.2) is 0 Å². The SMILES string of the molecule is COc1ccc(CNCCCN2CCCCC2)cc1Br. The van der Waals surface area contributed by atoms with Crippen LogP contribution in [-0.2, 0) is 6.54 Å². The van der Waals surface area contributed by atoms with Crippen molar-refractivity contribution in [1.82, 2.24) is 10.2 Å². The Labute approximate surface area is 130 Å². The van der Waals surface area contributed by atoms with Gasteiger partial charge in [-0.2, -0.15) is 0 Å². The fourth-order valence-corrected chi connectivity index (χ4v) is 3.25. The first-order valence-corrected chi connectivity index (χ1v) is 8.34. The summed E-state index contributed by atoms with van der Waals surface area (Å²) in [5.74, 6) is 0.888. The lowest BCUT2D eigenvalue weighted by atomic mass is 10.1. The molecule has 1 aliphatic rings. The van der Waals surface area contributed by atoms with Gasteiger partial charge < -0.3 is 15.0 Å². The number of nitrogens with zero attached hydrogens (tertiary/aromatic N) is 1. The smallest absolute Gasteiger partial charge is 0.133 e. The average Bonchev–Trinajstić information content (AvgIpc) is 2.48. The maximum absolute atomic E-state index is 5.24. The van der Waals surface area contributed by atoms with E-state index < -0.39 is 0 Å². The molecular weight excluding hydrogens is 316 g/mol. The Morgan fingerprint density at radius 2 is 2.05 bits per heavy atom. The number of halogens is 1. The summed E-state index contributed by atoms with van der Waals surface area (Å²) >= 11 is 3.52. The lowest BCUT2D eigenvalue weighted by molar-refractivity contribution is 0.225. The fraction of sp³-hybridized carbons (Fsp3) is 0.625. The van der Waals surface area contributed by atoms with Crippen LogP contribution >= 0.6 is 15.9 Å². The van der Waals surface area contributed by atoms with Gasteiger partial charge in [0.2, 0.25) is 0 Å². The van der Waals surface area contributed by atoms with E-state index in [2.05, 4.69) is 38.3 Å². The number of hydrogen-bond donors (Lipinski definition) is 1. The van der Waals surface area contributed by atoms with Crippen molar-refractivity contribution in [3.05, 3.63) is 28.2 Å². The zero-order valence-electron chi connectivity index (χ0n) is 12.3. The number of benzene rings is 1. The molecule has 0 amide bonds. The molecule has 0 aliphatic carbocycles. The van der Waals surface area contributed by atoms with E-state index in [0.29, 0.717) is 0 Å². The number of nitrogens with one attached hydrogen (secondary N) is 1. The predicted octanol–water partition coefficient (Wildman–Crippen LogP) is 3.42. The third-order valence-electron chi connectivity index (χ3n) is 3.82. The highest BCUT2D eigenvalue weighted by molar-refractivity contribution is 9.10. The molecule has 0 spiro atoms. The first-order valence-electron chi connectivity index (χ1n) is 7.55. The molecule has 4 heteroatoms. The number of rotatable bonds is 7. The van der Waals surface area contributed by atoms with E-state index in [9.17, 15) is 0 Å². The topological polar surface area (TPSA) is 24.5 Å². The standard InChI is InChI=1S/C16H25BrN2O/c1-20-16-7-6-14(12-15(16)17)13-18-8-5-11-19-9-3-2-4-10-19/h6-7,12,18H,2-5,8-11,13H2,1H3. The lowest BCUT2D eigenvalue weighted by Crippen LogP contribution is -2.32. The van der Waals surface area contributed by atoms with Crippen LogP contribution in [0.4, 0.5) is 0 Å². The summed E-state index contributed by atoms with van der Waals surface area (Å²) < 4.78 is 6.26. The van der Waals surface area contributed by atoms with Crippen LogP contribution in [0.3, 0.4) is 0 Å². The van der Waals surface area contributed by atoms with Crippen molar-refractivity contribution in [2.45, 2.75) is 32.2 Å². The van der Waals surface area contributed by atoms with Crippen LogP contribution in [0.5, 0.6) is 5.75 Å². The molecule has 20 heavy (non-hydrogen) atoms. The summed E-state index contributed by atoms with van der Waals surface area (Å²) in [7, 11) is 1.69. The Bertz CT molecular complexity index is 405. The fourth-order valence-electron chi connectivity index (χ4n) is 2.66. The molecule has 1 saturated heterocycles. The summed E-state index contributed by atoms with van der Waals surface area (Å²) in [5.41, 5.74) is 1.29. The molecule has 0 unspecified atom stereocenters. The van der Waals surface area contributed by atoms with Crippen molar-refractivity contribution in [3.63, 3.8) is 0 Å². The first-order chi connectivity index (χ1) is 9.79. The van der Waals surface area contributed by atoms with Crippen molar-refractivity contribution in [2.75, 3.05) is 33.3 Å². The second-order valence-electron chi connectivity index (χ2n) is 5.40. The molecule has 3 nitrogen and oxygen atoms in total. The van der Waals surface area contributed by atoms with Gasteiger partial charge in [-0.15, -0.1) is 0 Å². The van der Waals surface area contributed by atoms with Gasteiger partial charge in [-0.1, -0.05) is 12.5 Å². The van der Waals surface area contributed by atoms with E-state index in [1.807, 2.05) is 6.07 Å². The number of methoxy groups -OCH3 is 1. The number of piperidine rings is 1. The first kappa shape index (κ1) is 15.8. The molecule has 1 N–H and O–H groups in total. The maximum atomic E-state index is 5.24. The van der Waals surface area contributed by atoms with Gasteiger partial charge in [0, 0.05) is 6.54 Å². The molecule has 0 bridgehead atoms. The summed E-state index contributed by atoms with van der Waals surface area (Å²) in [6, 6.07) is 6.24. The Morgan fingerprint density at radius 1 is 1.25 bits per heavy atom. The molecule has 0 atom stereocenters. The van der Waals surface area contributed by atoms with Crippen LogP contribution in [0.15, 0.2) is 22.7 Å². The summed E-state index contributed by atoms with van der Waals surface area (Å²) in [6.07, 6.45) is 5.42. The van der Waals surface area contributed by atoms with Gasteiger partial charge in [-0.3, -0.25) is 0 Å². The second kappa shape index (κ2) is 8.65. The lowest BCUT2D eigenvalue weighted by Gasteiger charge is -2.26.